The number of rotatable bonds is 1. The van der Waals surface area contributed by atoms with E-state index in [2.05, 4.69) is 15.1 Å². The Morgan fingerprint density at radius 2 is 2.23 bits per heavy atom. The smallest absolute Gasteiger partial charge is 0.122 e. The molecule has 0 aliphatic carbocycles. The minimum atomic E-state index is 0.626. The van der Waals surface area contributed by atoms with Crippen LogP contribution in [0, 0.1) is 4.64 Å². The number of aryl methyl sites for hydroxylation is 1. The summed E-state index contributed by atoms with van der Waals surface area (Å²) in [6.45, 7) is 0. The predicted octanol–water partition coefficient (Wildman–Crippen LogP) is 1.54. The topological polar surface area (TPSA) is 46.5 Å². The van der Waals surface area contributed by atoms with Crippen LogP contribution < -0.4 is 0 Å². The van der Waals surface area contributed by atoms with Crippen molar-refractivity contribution in [1.82, 2.24) is 19.7 Å². The summed E-state index contributed by atoms with van der Waals surface area (Å²) in [5, 5.41) is 4.06. The Balaban J connectivity index is 2.52. The fourth-order valence-corrected chi connectivity index (χ4v) is 1.25. The number of aromatic amines is 1. The van der Waals surface area contributed by atoms with Crippen LogP contribution in [-0.4, -0.2) is 19.7 Å². The molecule has 0 fully saturated rings. The number of hydrogen-bond acceptors (Lipinski definition) is 3. The monoisotopic (exact) mass is 192 g/mol. The first kappa shape index (κ1) is 8.12. The molecule has 2 aromatic rings. The molecule has 4 nitrogen and oxygen atoms in total. The molecule has 1 N–H and O–H groups in total. The molecule has 0 saturated heterocycles. The van der Waals surface area contributed by atoms with Crippen LogP contribution >= 0.6 is 12.2 Å². The van der Waals surface area contributed by atoms with Gasteiger partial charge in [-0.1, -0.05) is 12.2 Å². The summed E-state index contributed by atoms with van der Waals surface area (Å²) in [4.78, 5) is 7.03. The Hall–Kier alpha value is -1.49. The van der Waals surface area contributed by atoms with E-state index < -0.39 is 0 Å². The first-order valence-corrected chi connectivity index (χ1v) is 4.20. The van der Waals surface area contributed by atoms with E-state index in [0.29, 0.717) is 4.64 Å². The van der Waals surface area contributed by atoms with Gasteiger partial charge < -0.3 is 4.98 Å². The zero-order chi connectivity index (χ0) is 9.26. The molecule has 13 heavy (non-hydrogen) atoms. The van der Waals surface area contributed by atoms with Gasteiger partial charge in [0.05, 0.1) is 24.3 Å². The zero-order valence-electron chi connectivity index (χ0n) is 7.06. The summed E-state index contributed by atoms with van der Waals surface area (Å²) >= 11 is 4.96. The van der Waals surface area contributed by atoms with Gasteiger partial charge in [0.2, 0.25) is 0 Å². The molecule has 2 rings (SSSR count). The molecule has 0 amide bonds. The first-order chi connectivity index (χ1) is 6.25. The highest BCUT2D eigenvalue weighted by atomic mass is 32.1. The number of nitrogens with one attached hydrogen (secondary N) is 1. The number of H-pyrrole nitrogens is 1. The fourth-order valence-electron chi connectivity index (χ4n) is 1.08. The molecule has 2 heterocycles. The highest BCUT2D eigenvalue weighted by Gasteiger charge is 1.99. The van der Waals surface area contributed by atoms with Crippen molar-refractivity contribution >= 4 is 12.2 Å². The van der Waals surface area contributed by atoms with Gasteiger partial charge in [-0.2, -0.15) is 5.10 Å². The van der Waals surface area contributed by atoms with Crippen molar-refractivity contribution in [2.24, 2.45) is 7.05 Å². The summed E-state index contributed by atoms with van der Waals surface area (Å²) in [6, 6.07) is 0. The van der Waals surface area contributed by atoms with Gasteiger partial charge in [0.25, 0.3) is 0 Å². The zero-order valence-corrected chi connectivity index (χ0v) is 7.88. The van der Waals surface area contributed by atoms with Crippen molar-refractivity contribution in [2.75, 3.05) is 0 Å². The highest BCUT2D eigenvalue weighted by molar-refractivity contribution is 7.71. The highest BCUT2D eigenvalue weighted by Crippen LogP contribution is 2.13. The lowest BCUT2D eigenvalue weighted by Gasteiger charge is -1.94. The molecule has 5 heteroatoms. The number of nitrogens with zero attached hydrogens (tertiary/aromatic N) is 3. The lowest BCUT2D eigenvalue weighted by molar-refractivity contribution is 0.768. The van der Waals surface area contributed by atoms with Crippen molar-refractivity contribution < 1.29 is 0 Å². The molecule has 0 aliphatic heterocycles. The largest absolute Gasteiger partial charge is 0.343 e. The summed E-state index contributed by atoms with van der Waals surface area (Å²) in [6.07, 6.45) is 7.01. The maximum atomic E-state index is 4.96. The quantitative estimate of drug-likeness (QED) is 0.697. The van der Waals surface area contributed by atoms with Crippen molar-refractivity contribution in [1.29, 1.82) is 0 Å². The predicted molar refractivity (Wildman–Crippen MR) is 51.6 cm³/mol. The van der Waals surface area contributed by atoms with Crippen LogP contribution in [0.25, 0.3) is 11.3 Å². The molecular weight excluding hydrogens is 184 g/mol. The Bertz CT molecular complexity index is 471. The van der Waals surface area contributed by atoms with Crippen molar-refractivity contribution in [3.05, 3.63) is 29.4 Å². The van der Waals surface area contributed by atoms with E-state index in [1.807, 2.05) is 13.2 Å². The van der Waals surface area contributed by atoms with Crippen molar-refractivity contribution in [2.45, 2.75) is 0 Å². The molecule has 2 aromatic heterocycles. The third kappa shape index (κ3) is 1.65. The van der Waals surface area contributed by atoms with E-state index in [0.717, 1.165) is 11.3 Å². The fraction of sp³-hybridized carbons (Fsp3) is 0.125. The second kappa shape index (κ2) is 3.10. The molecule has 0 spiro atoms. The van der Waals surface area contributed by atoms with Crippen LogP contribution in [0.4, 0.5) is 0 Å². The van der Waals surface area contributed by atoms with E-state index >= 15 is 0 Å². The van der Waals surface area contributed by atoms with Gasteiger partial charge in [0, 0.05) is 18.8 Å². The Labute approximate surface area is 80.3 Å². The number of aromatic nitrogens is 4. The van der Waals surface area contributed by atoms with Crippen molar-refractivity contribution in [3.63, 3.8) is 0 Å². The third-order valence-electron chi connectivity index (χ3n) is 1.67. The van der Waals surface area contributed by atoms with Gasteiger partial charge in [-0.25, -0.2) is 0 Å². The standard InChI is InChI=1S/C8H8N4S/c1-12-5-6(2-10-12)7-3-9-4-8(13)11-7/h2-5H,1H3,(H,11,13). The molecule has 0 aliphatic rings. The van der Waals surface area contributed by atoms with Crippen LogP contribution in [-0.2, 0) is 7.05 Å². The Morgan fingerprint density at radius 3 is 2.85 bits per heavy atom. The minimum Gasteiger partial charge on any atom is -0.343 e. The van der Waals surface area contributed by atoms with Gasteiger partial charge >= 0.3 is 0 Å². The molecular formula is C8H8N4S. The van der Waals surface area contributed by atoms with Gasteiger partial charge in [0.15, 0.2) is 0 Å². The maximum absolute atomic E-state index is 4.96. The minimum absolute atomic E-state index is 0.626. The second-order valence-electron chi connectivity index (χ2n) is 2.71. The molecule has 0 aromatic carbocycles. The average molecular weight is 192 g/mol. The van der Waals surface area contributed by atoms with Crippen LogP contribution in [0.15, 0.2) is 24.8 Å². The van der Waals surface area contributed by atoms with E-state index in [1.54, 1.807) is 23.3 Å². The molecule has 0 unspecified atom stereocenters. The lowest BCUT2D eigenvalue weighted by atomic mass is 10.3. The average Bonchev–Trinajstić information content (AvgIpc) is 2.52. The van der Waals surface area contributed by atoms with E-state index in [1.165, 1.54) is 0 Å². The summed E-state index contributed by atoms with van der Waals surface area (Å²) in [5.74, 6) is 0. The molecule has 0 atom stereocenters. The second-order valence-corrected chi connectivity index (χ2v) is 3.15. The lowest BCUT2D eigenvalue weighted by Crippen LogP contribution is -1.85. The molecule has 0 saturated carbocycles. The van der Waals surface area contributed by atoms with E-state index in [-0.39, 0.29) is 0 Å². The molecule has 66 valence electrons. The van der Waals surface area contributed by atoms with E-state index in [4.69, 9.17) is 12.2 Å². The Kier molecular flexibility index (Phi) is 1.94. The third-order valence-corrected chi connectivity index (χ3v) is 1.88. The summed E-state index contributed by atoms with van der Waals surface area (Å²) in [7, 11) is 1.87. The molecule has 0 radical (unpaired) electrons. The van der Waals surface area contributed by atoms with Crippen LogP contribution in [0.2, 0.25) is 0 Å². The molecule has 0 bridgehead atoms. The van der Waals surface area contributed by atoms with Crippen LogP contribution in [0.1, 0.15) is 0 Å². The van der Waals surface area contributed by atoms with Crippen LogP contribution in [0.3, 0.4) is 0 Å². The maximum Gasteiger partial charge on any atom is 0.122 e. The summed E-state index contributed by atoms with van der Waals surface area (Å²) in [5.41, 5.74) is 1.88. The normalized spacial score (nSPS) is 10.2. The van der Waals surface area contributed by atoms with Gasteiger partial charge in [-0.05, 0) is 0 Å². The van der Waals surface area contributed by atoms with E-state index in [9.17, 15) is 0 Å². The number of hydrogen-bond donors (Lipinski definition) is 1. The first-order valence-electron chi connectivity index (χ1n) is 3.79. The van der Waals surface area contributed by atoms with Crippen molar-refractivity contribution in [3.8, 4) is 11.3 Å². The van der Waals surface area contributed by atoms with Gasteiger partial charge in [0.1, 0.15) is 4.64 Å². The van der Waals surface area contributed by atoms with Gasteiger partial charge in [-0.15, -0.1) is 0 Å². The van der Waals surface area contributed by atoms with Crippen LogP contribution in [0.5, 0.6) is 0 Å². The SMILES string of the molecule is Cn1cc(-c2cncc(=S)[nH]2)cn1. The van der Waals surface area contributed by atoms with Gasteiger partial charge in [-0.3, -0.25) is 9.67 Å². The summed E-state index contributed by atoms with van der Waals surface area (Å²) < 4.78 is 2.36. The Morgan fingerprint density at radius 1 is 1.38 bits per heavy atom.